The molecule has 27 heavy (non-hydrogen) atoms. The molecule has 0 bridgehead atoms. The number of hydrogen-bond acceptors (Lipinski definition) is 4. The highest BCUT2D eigenvalue weighted by molar-refractivity contribution is 6.31. The third kappa shape index (κ3) is 4.43. The van der Waals surface area contributed by atoms with Gasteiger partial charge in [0.1, 0.15) is 17.2 Å². The molecule has 1 aromatic heterocycles. The fourth-order valence-electron chi connectivity index (χ4n) is 2.53. The lowest BCUT2D eigenvalue weighted by molar-refractivity contribution is -0.124. The molecule has 0 spiro atoms. The van der Waals surface area contributed by atoms with E-state index in [0.717, 1.165) is 12.1 Å². The largest absolute Gasteiger partial charge is 0.450 e. The fraction of sp³-hybridized carbons (Fsp3) is 0.158. The van der Waals surface area contributed by atoms with Gasteiger partial charge in [0, 0.05) is 22.0 Å². The molecule has 0 fully saturated rings. The van der Waals surface area contributed by atoms with Crippen LogP contribution in [0, 0.1) is 11.6 Å². The van der Waals surface area contributed by atoms with Crippen molar-refractivity contribution in [1.29, 1.82) is 0 Å². The van der Waals surface area contributed by atoms with Crippen LogP contribution in [-0.4, -0.2) is 18.5 Å². The predicted octanol–water partition coefficient (Wildman–Crippen LogP) is 4.40. The molecule has 1 atom stereocenters. The minimum Gasteiger partial charge on any atom is -0.450 e. The van der Waals surface area contributed by atoms with E-state index in [2.05, 4.69) is 5.32 Å². The van der Waals surface area contributed by atoms with E-state index in [0.29, 0.717) is 16.0 Å². The molecular formula is C19H14ClF2NO4. The lowest BCUT2D eigenvalue weighted by Gasteiger charge is -2.15. The van der Waals surface area contributed by atoms with E-state index in [4.69, 9.17) is 20.8 Å². The third-order valence-corrected chi connectivity index (χ3v) is 4.06. The highest BCUT2D eigenvalue weighted by Gasteiger charge is 2.18. The summed E-state index contributed by atoms with van der Waals surface area (Å²) in [6.07, 6.45) is 0. The maximum atomic E-state index is 13.7. The number of amides is 1. The number of fused-ring (bicyclic) bond motifs is 1. The van der Waals surface area contributed by atoms with Gasteiger partial charge in [0.05, 0.1) is 6.04 Å². The monoisotopic (exact) mass is 393 g/mol. The fourth-order valence-corrected chi connectivity index (χ4v) is 2.71. The molecule has 0 aliphatic rings. The van der Waals surface area contributed by atoms with Crippen molar-refractivity contribution in [3.63, 3.8) is 0 Å². The Labute approximate surface area is 157 Å². The minimum absolute atomic E-state index is 0.0716. The summed E-state index contributed by atoms with van der Waals surface area (Å²) in [6.45, 7) is 0.947. The van der Waals surface area contributed by atoms with Crippen molar-refractivity contribution in [1.82, 2.24) is 5.32 Å². The Kier molecular flexibility index (Phi) is 5.41. The summed E-state index contributed by atoms with van der Waals surface area (Å²) in [7, 11) is 0. The number of rotatable bonds is 5. The molecule has 0 saturated carbocycles. The van der Waals surface area contributed by atoms with Crippen molar-refractivity contribution in [2.24, 2.45) is 0 Å². The quantitative estimate of drug-likeness (QED) is 0.652. The van der Waals surface area contributed by atoms with Crippen molar-refractivity contribution < 1.29 is 27.5 Å². The van der Waals surface area contributed by atoms with Gasteiger partial charge in [-0.2, -0.15) is 0 Å². The molecule has 3 rings (SSSR count). The first-order chi connectivity index (χ1) is 12.8. The standard InChI is InChI=1S/C19H14ClF2NO4/c1-10(14-4-3-13(21)8-15(14)22)23-18(24)9-26-19(25)17-7-11-6-12(20)2-5-16(11)27-17/h2-8,10H,9H2,1H3,(H,23,24)/t10-/m0/s1. The molecule has 8 heteroatoms. The van der Waals surface area contributed by atoms with Crippen LogP contribution < -0.4 is 5.32 Å². The molecule has 1 heterocycles. The van der Waals surface area contributed by atoms with Gasteiger partial charge in [-0.3, -0.25) is 4.79 Å². The minimum atomic E-state index is -0.821. The lowest BCUT2D eigenvalue weighted by Crippen LogP contribution is -2.31. The number of nitrogens with one attached hydrogen (secondary N) is 1. The number of carbonyl (C=O) groups is 2. The van der Waals surface area contributed by atoms with Crippen LogP contribution in [0.1, 0.15) is 29.1 Å². The number of halogens is 3. The van der Waals surface area contributed by atoms with Gasteiger partial charge in [-0.25, -0.2) is 13.6 Å². The zero-order valence-corrected chi connectivity index (χ0v) is 14.8. The normalized spacial score (nSPS) is 12.0. The smallest absolute Gasteiger partial charge is 0.374 e. The Morgan fingerprint density at radius 1 is 1.19 bits per heavy atom. The Morgan fingerprint density at radius 2 is 1.96 bits per heavy atom. The average molecular weight is 394 g/mol. The summed E-state index contributed by atoms with van der Waals surface area (Å²) in [5.41, 5.74) is 0.571. The Hall–Kier alpha value is -2.93. The lowest BCUT2D eigenvalue weighted by atomic mass is 10.1. The number of benzene rings is 2. The van der Waals surface area contributed by atoms with Gasteiger partial charge in [-0.15, -0.1) is 0 Å². The molecule has 3 aromatic rings. The van der Waals surface area contributed by atoms with Crippen LogP contribution >= 0.6 is 11.6 Å². The first kappa shape index (κ1) is 18.8. The van der Waals surface area contributed by atoms with Crippen LogP contribution in [-0.2, 0) is 9.53 Å². The molecule has 0 unspecified atom stereocenters. The number of hydrogen-bond donors (Lipinski definition) is 1. The Morgan fingerprint density at radius 3 is 2.70 bits per heavy atom. The molecule has 0 radical (unpaired) electrons. The molecule has 140 valence electrons. The summed E-state index contributed by atoms with van der Waals surface area (Å²) in [4.78, 5) is 23.9. The SMILES string of the molecule is C[C@H](NC(=O)COC(=O)c1cc2cc(Cl)ccc2o1)c1ccc(F)cc1F. The highest BCUT2D eigenvalue weighted by Crippen LogP contribution is 2.23. The van der Waals surface area contributed by atoms with Gasteiger partial charge >= 0.3 is 5.97 Å². The molecule has 0 saturated heterocycles. The molecule has 5 nitrogen and oxygen atoms in total. The summed E-state index contributed by atoms with van der Waals surface area (Å²) >= 11 is 5.87. The maximum absolute atomic E-state index is 13.7. The molecule has 0 aliphatic heterocycles. The van der Waals surface area contributed by atoms with Crippen LogP contribution in [0.3, 0.4) is 0 Å². The van der Waals surface area contributed by atoms with E-state index in [1.165, 1.54) is 19.1 Å². The van der Waals surface area contributed by atoms with E-state index in [-0.39, 0.29) is 11.3 Å². The van der Waals surface area contributed by atoms with Crippen LogP contribution in [0.15, 0.2) is 46.9 Å². The number of carbonyl (C=O) groups excluding carboxylic acids is 2. The molecule has 2 aromatic carbocycles. The van der Waals surface area contributed by atoms with E-state index >= 15 is 0 Å². The van der Waals surface area contributed by atoms with Gasteiger partial charge in [0.25, 0.3) is 5.91 Å². The average Bonchev–Trinajstić information content (AvgIpc) is 3.02. The van der Waals surface area contributed by atoms with E-state index in [1.807, 2.05) is 0 Å². The first-order valence-corrected chi connectivity index (χ1v) is 8.32. The third-order valence-electron chi connectivity index (χ3n) is 3.82. The zero-order chi connectivity index (χ0) is 19.6. The van der Waals surface area contributed by atoms with E-state index < -0.39 is 36.2 Å². The number of furan rings is 1. The van der Waals surface area contributed by atoms with Crippen molar-refractivity contribution in [3.8, 4) is 0 Å². The summed E-state index contributed by atoms with van der Waals surface area (Å²) in [6, 6.07) is 8.64. The second kappa shape index (κ2) is 7.75. The highest BCUT2D eigenvalue weighted by atomic mass is 35.5. The van der Waals surface area contributed by atoms with Crippen molar-refractivity contribution in [2.45, 2.75) is 13.0 Å². The number of ether oxygens (including phenoxy) is 1. The van der Waals surface area contributed by atoms with Gasteiger partial charge in [-0.1, -0.05) is 17.7 Å². The van der Waals surface area contributed by atoms with Gasteiger partial charge in [0.15, 0.2) is 6.61 Å². The van der Waals surface area contributed by atoms with Crippen LogP contribution in [0.4, 0.5) is 8.78 Å². The maximum Gasteiger partial charge on any atom is 0.374 e. The summed E-state index contributed by atoms with van der Waals surface area (Å²) < 4.78 is 36.9. The van der Waals surface area contributed by atoms with Gasteiger partial charge in [0.2, 0.25) is 5.76 Å². The summed E-state index contributed by atoms with van der Waals surface area (Å²) in [5, 5.41) is 3.59. The molecular weight excluding hydrogens is 380 g/mol. The van der Waals surface area contributed by atoms with E-state index in [9.17, 15) is 18.4 Å². The zero-order valence-electron chi connectivity index (χ0n) is 14.1. The van der Waals surface area contributed by atoms with Gasteiger partial charge < -0.3 is 14.5 Å². The first-order valence-electron chi connectivity index (χ1n) is 7.94. The Bertz CT molecular complexity index is 1020. The number of esters is 1. The van der Waals surface area contributed by atoms with Crippen molar-refractivity contribution in [3.05, 3.63) is 70.4 Å². The second-order valence-electron chi connectivity index (χ2n) is 5.82. The van der Waals surface area contributed by atoms with Crippen LogP contribution in [0.2, 0.25) is 5.02 Å². The van der Waals surface area contributed by atoms with Crippen LogP contribution in [0.5, 0.6) is 0 Å². The molecule has 0 aliphatic carbocycles. The topological polar surface area (TPSA) is 68.5 Å². The Balaban J connectivity index is 1.58. The molecule has 1 amide bonds. The van der Waals surface area contributed by atoms with E-state index in [1.54, 1.807) is 18.2 Å². The molecule has 1 N–H and O–H groups in total. The van der Waals surface area contributed by atoms with Gasteiger partial charge in [-0.05, 0) is 37.3 Å². The second-order valence-corrected chi connectivity index (χ2v) is 6.26. The van der Waals surface area contributed by atoms with Crippen molar-refractivity contribution in [2.75, 3.05) is 6.61 Å². The predicted molar refractivity (Wildman–Crippen MR) is 94.4 cm³/mol. The van der Waals surface area contributed by atoms with Crippen LogP contribution in [0.25, 0.3) is 11.0 Å². The summed E-state index contributed by atoms with van der Waals surface area (Å²) in [5.74, 6) is -3.02. The van der Waals surface area contributed by atoms with Crippen molar-refractivity contribution >= 4 is 34.4 Å².